The number of rotatable bonds is 6. The van der Waals surface area contributed by atoms with Gasteiger partial charge in [-0.1, -0.05) is 6.92 Å². The Balaban J connectivity index is 1.39. The molecule has 2 heterocycles. The molecule has 2 aliphatic rings. The largest absolute Gasteiger partial charge is 0.354 e. The minimum atomic E-state index is -0.169. The maximum atomic E-state index is 12.1. The van der Waals surface area contributed by atoms with Gasteiger partial charge < -0.3 is 20.1 Å². The van der Waals surface area contributed by atoms with Gasteiger partial charge in [0.05, 0.1) is 6.04 Å². The van der Waals surface area contributed by atoms with Crippen LogP contribution in [0.1, 0.15) is 38.8 Å². The van der Waals surface area contributed by atoms with Crippen molar-refractivity contribution in [3.05, 3.63) is 24.0 Å². The summed E-state index contributed by atoms with van der Waals surface area (Å²) in [4.78, 5) is 26.1. The molecule has 0 radical (unpaired) electrons. The Labute approximate surface area is 143 Å². The average molecular weight is 332 g/mol. The Bertz CT molecular complexity index is 612. The second-order valence-corrected chi connectivity index (χ2v) is 7.40. The molecule has 6 heteroatoms. The summed E-state index contributed by atoms with van der Waals surface area (Å²) in [6, 6.07) is 4.39. The molecular formula is C18H28N4O2. The number of aromatic nitrogens is 1. The van der Waals surface area contributed by atoms with Crippen molar-refractivity contribution in [2.45, 2.75) is 57.7 Å². The van der Waals surface area contributed by atoms with E-state index in [-0.39, 0.29) is 24.0 Å². The van der Waals surface area contributed by atoms with Crippen LogP contribution in [0.15, 0.2) is 18.3 Å². The Morgan fingerprint density at radius 3 is 2.83 bits per heavy atom. The number of urea groups is 1. The number of likely N-dealkylation sites (tertiary alicyclic amines) is 1. The van der Waals surface area contributed by atoms with Crippen LogP contribution in [-0.2, 0) is 18.3 Å². The molecule has 0 bridgehead atoms. The van der Waals surface area contributed by atoms with E-state index in [9.17, 15) is 9.59 Å². The number of aryl methyl sites for hydroxylation is 2. The van der Waals surface area contributed by atoms with Crippen LogP contribution < -0.4 is 10.6 Å². The number of nitrogens with one attached hydrogen (secondary N) is 2. The van der Waals surface area contributed by atoms with Crippen molar-refractivity contribution in [1.29, 1.82) is 0 Å². The van der Waals surface area contributed by atoms with Gasteiger partial charge >= 0.3 is 6.03 Å². The summed E-state index contributed by atoms with van der Waals surface area (Å²) in [6.45, 7) is 4.83. The van der Waals surface area contributed by atoms with Crippen LogP contribution >= 0.6 is 0 Å². The highest BCUT2D eigenvalue weighted by atomic mass is 16.2. The second-order valence-electron chi connectivity index (χ2n) is 7.40. The lowest BCUT2D eigenvalue weighted by atomic mass is 10.1. The molecule has 0 unspecified atom stereocenters. The van der Waals surface area contributed by atoms with E-state index in [0.717, 1.165) is 19.3 Å². The highest BCUT2D eigenvalue weighted by Crippen LogP contribution is 2.37. The molecule has 1 saturated carbocycles. The molecule has 1 aliphatic heterocycles. The van der Waals surface area contributed by atoms with Gasteiger partial charge in [-0.15, -0.1) is 0 Å². The highest BCUT2D eigenvalue weighted by molar-refractivity contribution is 5.82. The molecule has 24 heavy (non-hydrogen) atoms. The van der Waals surface area contributed by atoms with E-state index in [2.05, 4.69) is 28.2 Å². The summed E-state index contributed by atoms with van der Waals surface area (Å²) < 4.78 is 2.10. The first-order chi connectivity index (χ1) is 11.4. The second kappa shape index (κ2) is 6.87. The topological polar surface area (TPSA) is 66.4 Å². The van der Waals surface area contributed by atoms with Crippen LogP contribution in [0.5, 0.6) is 0 Å². The van der Waals surface area contributed by atoms with Crippen molar-refractivity contribution in [3.8, 4) is 0 Å². The Morgan fingerprint density at radius 1 is 1.46 bits per heavy atom. The monoisotopic (exact) mass is 332 g/mol. The SMILES string of the molecule is C[C@H](CCc1cccn1C)NC(=O)N[C@@H]1CC(=O)N([C@@H]2C[C@H]2C)C1. The van der Waals surface area contributed by atoms with Gasteiger partial charge in [-0.25, -0.2) is 4.79 Å². The molecule has 1 aliphatic carbocycles. The van der Waals surface area contributed by atoms with E-state index >= 15 is 0 Å². The van der Waals surface area contributed by atoms with E-state index in [0.29, 0.717) is 24.9 Å². The van der Waals surface area contributed by atoms with Crippen molar-refractivity contribution >= 4 is 11.9 Å². The van der Waals surface area contributed by atoms with Gasteiger partial charge in [0.15, 0.2) is 0 Å². The number of carbonyl (C=O) groups excluding carboxylic acids is 2. The Kier molecular flexibility index (Phi) is 4.83. The lowest BCUT2D eigenvalue weighted by molar-refractivity contribution is -0.128. The molecule has 2 fully saturated rings. The lowest BCUT2D eigenvalue weighted by Crippen LogP contribution is -2.46. The maximum Gasteiger partial charge on any atom is 0.315 e. The summed E-state index contributed by atoms with van der Waals surface area (Å²) in [5, 5.41) is 5.94. The third kappa shape index (κ3) is 3.91. The van der Waals surface area contributed by atoms with E-state index in [1.165, 1.54) is 5.69 Å². The van der Waals surface area contributed by atoms with Crippen molar-refractivity contribution in [1.82, 2.24) is 20.1 Å². The predicted octanol–water partition coefficient (Wildman–Crippen LogP) is 1.65. The Morgan fingerprint density at radius 2 is 2.21 bits per heavy atom. The lowest BCUT2D eigenvalue weighted by Gasteiger charge is -2.19. The minimum absolute atomic E-state index is 0.0645. The summed E-state index contributed by atoms with van der Waals surface area (Å²) >= 11 is 0. The standard InChI is InChI=1S/C18H28N4O2/c1-12-9-16(12)22-11-14(10-17(22)23)20-18(24)19-13(2)6-7-15-5-4-8-21(15)3/h4-5,8,12-14,16H,6-7,9-11H2,1-3H3,(H2,19,20,24)/t12-,13-,14-,16-/m1/s1. The van der Waals surface area contributed by atoms with Gasteiger partial charge in [0.25, 0.3) is 0 Å². The van der Waals surface area contributed by atoms with Gasteiger partial charge in [0, 0.05) is 44.0 Å². The van der Waals surface area contributed by atoms with Gasteiger partial charge in [-0.3, -0.25) is 4.79 Å². The van der Waals surface area contributed by atoms with Crippen molar-refractivity contribution in [3.63, 3.8) is 0 Å². The van der Waals surface area contributed by atoms with Gasteiger partial charge in [0.1, 0.15) is 0 Å². The minimum Gasteiger partial charge on any atom is -0.354 e. The van der Waals surface area contributed by atoms with Crippen LogP contribution in [0.25, 0.3) is 0 Å². The van der Waals surface area contributed by atoms with Crippen molar-refractivity contribution in [2.75, 3.05) is 6.54 Å². The molecule has 1 saturated heterocycles. The van der Waals surface area contributed by atoms with E-state index in [4.69, 9.17) is 0 Å². The third-order valence-corrected chi connectivity index (χ3v) is 5.22. The van der Waals surface area contributed by atoms with Crippen molar-refractivity contribution < 1.29 is 9.59 Å². The van der Waals surface area contributed by atoms with Crippen LogP contribution in [0.2, 0.25) is 0 Å². The molecule has 3 rings (SSSR count). The average Bonchev–Trinajstić information content (AvgIpc) is 2.90. The number of carbonyl (C=O) groups is 2. The first-order valence-electron chi connectivity index (χ1n) is 8.90. The summed E-state index contributed by atoms with van der Waals surface area (Å²) in [5.74, 6) is 0.783. The van der Waals surface area contributed by atoms with E-state index < -0.39 is 0 Å². The van der Waals surface area contributed by atoms with Crippen LogP contribution in [0, 0.1) is 5.92 Å². The van der Waals surface area contributed by atoms with Crippen LogP contribution in [0.4, 0.5) is 4.79 Å². The normalized spacial score (nSPS) is 27.2. The van der Waals surface area contributed by atoms with Crippen LogP contribution in [0.3, 0.4) is 0 Å². The molecule has 1 aromatic rings. The summed E-state index contributed by atoms with van der Waals surface area (Å²) in [6.07, 6.45) is 5.37. The fourth-order valence-corrected chi connectivity index (χ4v) is 3.53. The molecule has 3 amide bonds. The molecule has 2 N–H and O–H groups in total. The maximum absolute atomic E-state index is 12.1. The summed E-state index contributed by atoms with van der Waals surface area (Å²) in [7, 11) is 2.03. The smallest absolute Gasteiger partial charge is 0.315 e. The molecule has 132 valence electrons. The molecular weight excluding hydrogens is 304 g/mol. The zero-order valence-corrected chi connectivity index (χ0v) is 14.8. The number of nitrogens with zero attached hydrogens (tertiary/aromatic N) is 2. The zero-order chi connectivity index (χ0) is 17.3. The number of amides is 3. The van der Waals surface area contributed by atoms with E-state index in [1.807, 2.05) is 31.1 Å². The molecule has 4 atom stereocenters. The fraction of sp³-hybridized carbons (Fsp3) is 0.667. The quantitative estimate of drug-likeness (QED) is 0.832. The van der Waals surface area contributed by atoms with Gasteiger partial charge in [-0.05, 0) is 44.2 Å². The molecule has 0 aromatic carbocycles. The third-order valence-electron chi connectivity index (χ3n) is 5.22. The van der Waals surface area contributed by atoms with Crippen LogP contribution in [-0.4, -0.2) is 46.1 Å². The first-order valence-corrected chi connectivity index (χ1v) is 8.90. The number of hydrogen-bond donors (Lipinski definition) is 2. The van der Waals surface area contributed by atoms with Gasteiger partial charge in [0.2, 0.25) is 5.91 Å². The zero-order valence-electron chi connectivity index (χ0n) is 14.8. The Hall–Kier alpha value is -1.98. The van der Waals surface area contributed by atoms with Crippen molar-refractivity contribution in [2.24, 2.45) is 13.0 Å². The molecule has 0 spiro atoms. The van der Waals surface area contributed by atoms with E-state index in [1.54, 1.807) is 0 Å². The predicted molar refractivity (Wildman–Crippen MR) is 92.6 cm³/mol. The first kappa shape index (κ1) is 16.9. The molecule has 1 aromatic heterocycles. The number of hydrogen-bond acceptors (Lipinski definition) is 2. The molecule has 6 nitrogen and oxygen atoms in total. The van der Waals surface area contributed by atoms with Gasteiger partial charge in [-0.2, -0.15) is 0 Å². The fourth-order valence-electron chi connectivity index (χ4n) is 3.53. The summed E-state index contributed by atoms with van der Waals surface area (Å²) in [5.41, 5.74) is 1.26. The highest BCUT2D eigenvalue weighted by Gasteiger charge is 2.44.